The van der Waals surface area contributed by atoms with Crippen LogP contribution in [0.4, 0.5) is 5.69 Å². The van der Waals surface area contributed by atoms with Crippen molar-refractivity contribution in [2.45, 2.75) is 12.8 Å². The lowest BCUT2D eigenvalue weighted by molar-refractivity contribution is -0.118. The third kappa shape index (κ3) is 5.42. The molecule has 126 valence electrons. The number of aryl methyl sites for hydroxylation is 2. The van der Waals surface area contributed by atoms with E-state index in [0.717, 1.165) is 18.5 Å². The molecule has 25 heavy (non-hydrogen) atoms. The standard InChI is InChI=1S/C20H19N3O2/c24-19(15-25-20-6-1-2-11-22-20)23-18-5-3-4-17(14-18)8-7-16-9-12-21-13-10-16/h1-6,9-14H,7-8,15H2,(H,23,24). The van der Waals surface area contributed by atoms with Crippen LogP contribution in [0.2, 0.25) is 0 Å². The first kappa shape index (κ1) is 16.6. The van der Waals surface area contributed by atoms with Gasteiger partial charge in [-0.3, -0.25) is 9.78 Å². The zero-order valence-electron chi connectivity index (χ0n) is 13.8. The molecular weight excluding hydrogens is 314 g/mol. The molecule has 1 aromatic carbocycles. The molecule has 2 heterocycles. The first-order valence-corrected chi connectivity index (χ1v) is 8.11. The zero-order chi connectivity index (χ0) is 17.3. The molecule has 0 unspecified atom stereocenters. The smallest absolute Gasteiger partial charge is 0.262 e. The number of nitrogens with zero attached hydrogens (tertiary/aromatic N) is 2. The highest BCUT2D eigenvalue weighted by atomic mass is 16.5. The van der Waals surface area contributed by atoms with Gasteiger partial charge in [0.2, 0.25) is 5.88 Å². The minimum absolute atomic E-state index is 0.0712. The lowest BCUT2D eigenvalue weighted by Crippen LogP contribution is -2.20. The summed E-state index contributed by atoms with van der Waals surface area (Å²) < 4.78 is 5.35. The second kappa shape index (κ2) is 8.59. The molecule has 0 bridgehead atoms. The van der Waals surface area contributed by atoms with Gasteiger partial charge in [-0.05, 0) is 54.3 Å². The van der Waals surface area contributed by atoms with Crippen LogP contribution in [0.1, 0.15) is 11.1 Å². The van der Waals surface area contributed by atoms with Gasteiger partial charge in [0.05, 0.1) is 0 Å². The summed E-state index contributed by atoms with van der Waals surface area (Å²) in [5.41, 5.74) is 3.18. The summed E-state index contributed by atoms with van der Waals surface area (Å²) in [6, 6.07) is 17.2. The average Bonchev–Trinajstić information content (AvgIpc) is 2.67. The highest BCUT2D eigenvalue weighted by Gasteiger charge is 2.05. The van der Waals surface area contributed by atoms with Crippen LogP contribution in [-0.4, -0.2) is 22.5 Å². The van der Waals surface area contributed by atoms with Crippen LogP contribution < -0.4 is 10.1 Å². The number of amides is 1. The molecule has 1 amide bonds. The van der Waals surface area contributed by atoms with E-state index in [9.17, 15) is 4.79 Å². The first-order valence-electron chi connectivity index (χ1n) is 8.11. The Balaban J connectivity index is 1.51. The lowest BCUT2D eigenvalue weighted by atomic mass is 10.0. The van der Waals surface area contributed by atoms with Crippen LogP contribution in [0, 0.1) is 0 Å². The van der Waals surface area contributed by atoms with Crippen LogP contribution in [0.25, 0.3) is 0 Å². The second-order valence-electron chi connectivity index (χ2n) is 5.56. The van der Waals surface area contributed by atoms with Crippen molar-refractivity contribution in [2.24, 2.45) is 0 Å². The van der Waals surface area contributed by atoms with Crippen LogP contribution >= 0.6 is 0 Å². The van der Waals surface area contributed by atoms with Gasteiger partial charge in [0, 0.05) is 30.3 Å². The molecule has 3 aromatic rings. The second-order valence-corrected chi connectivity index (χ2v) is 5.56. The van der Waals surface area contributed by atoms with Crippen molar-refractivity contribution in [1.29, 1.82) is 0 Å². The molecule has 0 aliphatic carbocycles. The summed E-state index contributed by atoms with van der Waals surface area (Å²) in [6.45, 7) is -0.0712. The molecule has 5 nitrogen and oxygen atoms in total. The van der Waals surface area contributed by atoms with Gasteiger partial charge in [0.25, 0.3) is 5.91 Å². The predicted molar refractivity (Wildman–Crippen MR) is 96.4 cm³/mol. The van der Waals surface area contributed by atoms with E-state index in [0.29, 0.717) is 5.88 Å². The molecule has 0 spiro atoms. The first-order chi connectivity index (χ1) is 12.3. The molecular formula is C20H19N3O2. The van der Waals surface area contributed by atoms with Gasteiger partial charge in [0.1, 0.15) is 0 Å². The molecule has 0 aliphatic rings. The number of pyridine rings is 2. The number of benzene rings is 1. The van der Waals surface area contributed by atoms with Crippen molar-refractivity contribution in [3.63, 3.8) is 0 Å². The fraction of sp³-hybridized carbons (Fsp3) is 0.150. The number of ether oxygens (including phenoxy) is 1. The molecule has 5 heteroatoms. The summed E-state index contributed by atoms with van der Waals surface area (Å²) in [5, 5.41) is 2.85. The number of carbonyl (C=O) groups is 1. The van der Waals surface area contributed by atoms with Crippen molar-refractivity contribution in [3.05, 3.63) is 84.3 Å². The van der Waals surface area contributed by atoms with E-state index in [1.807, 2.05) is 36.4 Å². The van der Waals surface area contributed by atoms with Crippen molar-refractivity contribution in [3.8, 4) is 5.88 Å². The van der Waals surface area contributed by atoms with Crippen molar-refractivity contribution in [1.82, 2.24) is 9.97 Å². The highest BCUT2D eigenvalue weighted by Crippen LogP contribution is 2.13. The Morgan fingerprint density at radius 3 is 2.56 bits per heavy atom. The van der Waals surface area contributed by atoms with Crippen molar-refractivity contribution in [2.75, 3.05) is 11.9 Å². The fourth-order valence-electron chi connectivity index (χ4n) is 2.41. The Kier molecular flexibility index (Phi) is 5.72. The monoisotopic (exact) mass is 333 g/mol. The van der Waals surface area contributed by atoms with E-state index in [4.69, 9.17) is 4.74 Å². The third-order valence-corrected chi connectivity index (χ3v) is 3.65. The summed E-state index contributed by atoms with van der Waals surface area (Å²) >= 11 is 0. The average molecular weight is 333 g/mol. The summed E-state index contributed by atoms with van der Waals surface area (Å²) in [4.78, 5) is 20.0. The summed E-state index contributed by atoms with van der Waals surface area (Å²) in [7, 11) is 0. The van der Waals surface area contributed by atoms with Crippen molar-refractivity contribution >= 4 is 11.6 Å². The molecule has 2 aromatic heterocycles. The molecule has 0 radical (unpaired) electrons. The molecule has 0 atom stereocenters. The number of anilines is 1. The number of rotatable bonds is 7. The Hall–Kier alpha value is -3.21. The Morgan fingerprint density at radius 2 is 1.76 bits per heavy atom. The maximum atomic E-state index is 12.0. The summed E-state index contributed by atoms with van der Waals surface area (Å²) in [6.07, 6.45) is 7.06. The maximum Gasteiger partial charge on any atom is 0.262 e. The van der Waals surface area contributed by atoms with Gasteiger partial charge >= 0.3 is 0 Å². The van der Waals surface area contributed by atoms with E-state index in [1.165, 1.54) is 11.1 Å². The SMILES string of the molecule is O=C(COc1ccccn1)Nc1cccc(CCc2ccncc2)c1. The molecule has 0 aliphatic heterocycles. The van der Waals surface area contributed by atoms with Gasteiger partial charge in [-0.2, -0.15) is 0 Å². The molecule has 3 rings (SSSR count). The normalized spacial score (nSPS) is 10.2. The van der Waals surface area contributed by atoms with Crippen LogP contribution in [0.15, 0.2) is 73.2 Å². The van der Waals surface area contributed by atoms with Crippen LogP contribution in [0.5, 0.6) is 5.88 Å². The third-order valence-electron chi connectivity index (χ3n) is 3.65. The number of aromatic nitrogens is 2. The van der Waals surface area contributed by atoms with Gasteiger partial charge in [0.15, 0.2) is 6.61 Å². The Bertz CT molecular complexity index is 807. The summed E-state index contributed by atoms with van der Waals surface area (Å²) in [5.74, 6) is 0.223. The number of nitrogens with one attached hydrogen (secondary N) is 1. The van der Waals surface area contributed by atoms with E-state index >= 15 is 0 Å². The van der Waals surface area contributed by atoms with Crippen LogP contribution in [0.3, 0.4) is 0 Å². The molecule has 0 fully saturated rings. The van der Waals surface area contributed by atoms with Gasteiger partial charge < -0.3 is 10.1 Å². The molecule has 0 saturated carbocycles. The highest BCUT2D eigenvalue weighted by molar-refractivity contribution is 5.91. The molecule has 1 N–H and O–H groups in total. The largest absolute Gasteiger partial charge is 0.468 e. The maximum absolute atomic E-state index is 12.0. The quantitative estimate of drug-likeness (QED) is 0.721. The van der Waals surface area contributed by atoms with Gasteiger partial charge in [-0.25, -0.2) is 4.98 Å². The predicted octanol–water partition coefficient (Wildman–Crippen LogP) is 3.28. The minimum atomic E-state index is -0.211. The van der Waals surface area contributed by atoms with E-state index in [2.05, 4.69) is 21.4 Å². The van der Waals surface area contributed by atoms with E-state index in [-0.39, 0.29) is 12.5 Å². The zero-order valence-corrected chi connectivity index (χ0v) is 13.8. The molecule has 0 saturated heterocycles. The number of carbonyl (C=O) groups excluding carboxylic acids is 1. The van der Waals surface area contributed by atoms with Gasteiger partial charge in [-0.1, -0.05) is 18.2 Å². The Morgan fingerprint density at radius 1 is 0.920 bits per heavy atom. The number of hydrogen-bond acceptors (Lipinski definition) is 4. The van der Waals surface area contributed by atoms with E-state index < -0.39 is 0 Å². The Labute approximate surface area is 146 Å². The topological polar surface area (TPSA) is 64.1 Å². The van der Waals surface area contributed by atoms with E-state index in [1.54, 1.807) is 30.7 Å². The number of hydrogen-bond donors (Lipinski definition) is 1. The lowest BCUT2D eigenvalue weighted by Gasteiger charge is -2.08. The van der Waals surface area contributed by atoms with Crippen LogP contribution in [-0.2, 0) is 17.6 Å². The minimum Gasteiger partial charge on any atom is -0.468 e. The van der Waals surface area contributed by atoms with Crippen molar-refractivity contribution < 1.29 is 9.53 Å². The van der Waals surface area contributed by atoms with Gasteiger partial charge in [-0.15, -0.1) is 0 Å². The fourth-order valence-corrected chi connectivity index (χ4v) is 2.41.